The third kappa shape index (κ3) is 4.16. The third-order valence-corrected chi connectivity index (χ3v) is 4.38. The van der Waals surface area contributed by atoms with Crippen molar-refractivity contribution in [2.75, 3.05) is 31.5 Å². The summed E-state index contributed by atoms with van der Waals surface area (Å²) in [6.07, 6.45) is 0. The average Bonchev–Trinajstić information content (AvgIpc) is 2.64. The first kappa shape index (κ1) is 17.0. The second-order valence-electron chi connectivity index (χ2n) is 6.03. The number of nitrogens with two attached hydrogens (primary N) is 1. The summed E-state index contributed by atoms with van der Waals surface area (Å²) in [5, 5.41) is 2.89. The molecule has 2 aromatic rings. The highest BCUT2D eigenvalue weighted by Gasteiger charge is 2.30. The Hall–Kier alpha value is -2.86. The minimum atomic E-state index is -0.458. The van der Waals surface area contributed by atoms with Crippen LogP contribution in [0, 0.1) is 0 Å². The summed E-state index contributed by atoms with van der Waals surface area (Å²) in [7, 11) is 0. The molecule has 1 aliphatic heterocycles. The lowest BCUT2D eigenvalue weighted by Crippen LogP contribution is -2.52. The van der Waals surface area contributed by atoms with Gasteiger partial charge in [-0.2, -0.15) is 0 Å². The van der Waals surface area contributed by atoms with Crippen LogP contribution in [0.2, 0.25) is 0 Å². The molecule has 6 nitrogen and oxygen atoms in total. The van der Waals surface area contributed by atoms with Gasteiger partial charge in [-0.25, -0.2) is 4.79 Å². The van der Waals surface area contributed by atoms with Crippen molar-refractivity contribution in [3.8, 4) is 0 Å². The normalized spacial score (nSPS) is 16.2. The second kappa shape index (κ2) is 7.81. The molecule has 3 amide bonds. The van der Waals surface area contributed by atoms with Crippen molar-refractivity contribution in [1.29, 1.82) is 0 Å². The molecule has 1 saturated heterocycles. The van der Waals surface area contributed by atoms with Gasteiger partial charge in [0, 0.05) is 31.9 Å². The number of nitrogens with zero attached hydrogens (tertiary/aromatic N) is 2. The van der Waals surface area contributed by atoms with E-state index in [1.807, 2.05) is 65.6 Å². The van der Waals surface area contributed by atoms with E-state index in [0.717, 1.165) is 11.3 Å². The van der Waals surface area contributed by atoms with Crippen LogP contribution in [0.25, 0.3) is 0 Å². The monoisotopic (exact) mass is 338 g/mol. The molecule has 25 heavy (non-hydrogen) atoms. The molecule has 0 radical (unpaired) electrons. The summed E-state index contributed by atoms with van der Waals surface area (Å²) in [6, 6.07) is 18.3. The molecule has 0 aromatic heterocycles. The zero-order valence-electron chi connectivity index (χ0n) is 14.0. The summed E-state index contributed by atoms with van der Waals surface area (Å²) in [5.74, 6) is -0.367. The highest BCUT2D eigenvalue weighted by molar-refractivity contribution is 5.89. The molecule has 130 valence electrons. The van der Waals surface area contributed by atoms with E-state index in [-0.39, 0.29) is 11.9 Å². The van der Waals surface area contributed by atoms with E-state index in [1.165, 1.54) is 0 Å². The first-order valence-electron chi connectivity index (χ1n) is 8.34. The summed E-state index contributed by atoms with van der Waals surface area (Å²) in [6.45, 7) is 2.31. The molecule has 3 rings (SSSR count). The van der Waals surface area contributed by atoms with Crippen LogP contribution in [0.3, 0.4) is 0 Å². The quantitative estimate of drug-likeness (QED) is 0.896. The van der Waals surface area contributed by atoms with Crippen LogP contribution in [-0.4, -0.2) is 47.9 Å². The van der Waals surface area contributed by atoms with Gasteiger partial charge in [0.05, 0.1) is 0 Å². The van der Waals surface area contributed by atoms with Gasteiger partial charge in [0.2, 0.25) is 5.91 Å². The van der Waals surface area contributed by atoms with Gasteiger partial charge in [0.1, 0.15) is 6.04 Å². The number of amides is 3. The fourth-order valence-electron chi connectivity index (χ4n) is 3.10. The van der Waals surface area contributed by atoms with Crippen molar-refractivity contribution < 1.29 is 9.59 Å². The molecule has 1 aliphatic rings. The van der Waals surface area contributed by atoms with E-state index in [9.17, 15) is 9.59 Å². The van der Waals surface area contributed by atoms with Gasteiger partial charge in [0.15, 0.2) is 0 Å². The number of primary amides is 1. The minimum absolute atomic E-state index is 0.124. The molecule has 3 N–H and O–H groups in total. The third-order valence-electron chi connectivity index (χ3n) is 4.38. The zero-order chi connectivity index (χ0) is 17.6. The molecule has 0 bridgehead atoms. The van der Waals surface area contributed by atoms with Gasteiger partial charge in [-0.05, 0) is 17.7 Å². The highest BCUT2D eigenvalue weighted by Crippen LogP contribution is 2.22. The number of para-hydroxylation sites is 1. The van der Waals surface area contributed by atoms with Gasteiger partial charge in [-0.3, -0.25) is 9.69 Å². The summed E-state index contributed by atoms with van der Waals surface area (Å²) < 4.78 is 0. The Balaban J connectivity index is 1.60. The van der Waals surface area contributed by atoms with E-state index < -0.39 is 6.04 Å². The molecule has 1 atom stereocenters. The van der Waals surface area contributed by atoms with E-state index in [4.69, 9.17) is 5.73 Å². The van der Waals surface area contributed by atoms with Gasteiger partial charge >= 0.3 is 6.03 Å². The maximum atomic E-state index is 12.4. The number of anilines is 1. The van der Waals surface area contributed by atoms with Crippen molar-refractivity contribution in [3.63, 3.8) is 0 Å². The number of rotatable bonds is 4. The van der Waals surface area contributed by atoms with Crippen molar-refractivity contribution in [2.45, 2.75) is 6.04 Å². The Morgan fingerprint density at radius 1 is 0.880 bits per heavy atom. The van der Waals surface area contributed by atoms with E-state index >= 15 is 0 Å². The Labute approximate surface area is 147 Å². The van der Waals surface area contributed by atoms with Crippen molar-refractivity contribution in [3.05, 3.63) is 66.2 Å². The van der Waals surface area contributed by atoms with Crippen LogP contribution >= 0.6 is 0 Å². The molecule has 1 heterocycles. The summed E-state index contributed by atoms with van der Waals surface area (Å²) >= 11 is 0. The van der Waals surface area contributed by atoms with Crippen LogP contribution in [0.1, 0.15) is 11.6 Å². The maximum Gasteiger partial charge on any atom is 0.321 e. The smallest absolute Gasteiger partial charge is 0.321 e. The largest absolute Gasteiger partial charge is 0.368 e. The van der Waals surface area contributed by atoms with Crippen molar-refractivity contribution in [2.24, 2.45) is 5.73 Å². The van der Waals surface area contributed by atoms with Crippen LogP contribution in [0.15, 0.2) is 60.7 Å². The van der Waals surface area contributed by atoms with Crippen molar-refractivity contribution in [1.82, 2.24) is 9.80 Å². The predicted octanol–water partition coefficient (Wildman–Crippen LogP) is 2.06. The topological polar surface area (TPSA) is 78.7 Å². The Morgan fingerprint density at radius 2 is 1.44 bits per heavy atom. The predicted molar refractivity (Wildman–Crippen MR) is 97.0 cm³/mol. The second-order valence-corrected chi connectivity index (χ2v) is 6.03. The van der Waals surface area contributed by atoms with Crippen molar-refractivity contribution >= 4 is 17.6 Å². The number of piperazine rings is 1. The summed E-state index contributed by atoms with van der Waals surface area (Å²) in [4.78, 5) is 28.1. The van der Waals surface area contributed by atoms with Gasteiger partial charge < -0.3 is 16.0 Å². The highest BCUT2D eigenvalue weighted by atomic mass is 16.2. The number of hydrogen-bond donors (Lipinski definition) is 2. The first-order chi connectivity index (χ1) is 12.1. The number of nitrogens with one attached hydrogen (secondary N) is 1. The van der Waals surface area contributed by atoms with Crippen LogP contribution in [0.4, 0.5) is 10.5 Å². The molecule has 0 spiro atoms. The maximum absolute atomic E-state index is 12.4. The Morgan fingerprint density at radius 3 is 2.00 bits per heavy atom. The number of carbonyl (C=O) groups excluding carboxylic acids is 2. The SMILES string of the molecule is NC(=O)[C@H](c1ccccc1)N1CCN(C(=O)Nc2ccccc2)CC1. The van der Waals surface area contributed by atoms with Crippen LogP contribution < -0.4 is 11.1 Å². The molecule has 0 aliphatic carbocycles. The standard InChI is InChI=1S/C19H22N4O2/c20-18(24)17(15-7-3-1-4-8-15)22-11-13-23(14-12-22)19(25)21-16-9-5-2-6-10-16/h1-10,17H,11-14H2,(H2,20,24)(H,21,25)/t17-/m0/s1. The van der Waals surface area contributed by atoms with Gasteiger partial charge in [0.25, 0.3) is 0 Å². The molecular weight excluding hydrogens is 316 g/mol. The van der Waals surface area contributed by atoms with E-state index in [2.05, 4.69) is 5.32 Å². The Bertz CT molecular complexity index is 713. The fraction of sp³-hybridized carbons (Fsp3) is 0.263. The lowest BCUT2D eigenvalue weighted by atomic mass is 10.0. The average molecular weight is 338 g/mol. The van der Waals surface area contributed by atoms with E-state index in [0.29, 0.717) is 26.2 Å². The van der Waals surface area contributed by atoms with Gasteiger partial charge in [-0.1, -0.05) is 48.5 Å². The fourth-order valence-corrected chi connectivity index (χ4v) is 3.10. The van der Waals surface area contributed by atoms with Crippen LogP contribution in [0.5, 0.6) is 0 Å². The number of hydrogen-bond acceptors (Lipinski definition) is 3. The summed E-state index contributed by atoms with van der Waals surface area (Å²) in [5.41, 5.74) is 7.28. The van der Waals surface area contributed by atoms with E-state index in [1.54, 1.807) is 4.90 Å². The molecule has 0 unspecified atom stereocenters. The first-order valence-corrected chi connectivity index (χ1v) is 8.34. The molecular formula is C19H22N4O2. The molecule has 2 aromatic carbocycles. The molecule has 1 fully saturated rings. The minimum Gasteiger partial charge on any atom is -0.368 e. The molecule has 0 saturated carbocycles. The van der Waals surface area contributed by atoms with Gasteiger partial charge in [-0.15, -0.1) is 0 Å². The molecule has 6 heteroatoms. The van der Waals surface area contributed by atoms with Crippen LogP contribution in [-0.2, 0) is 4.79 Å². The number of carbonyl (C=O) groups is 2. The Kier molecular flexibility index (Phi) is 5.30. The lowest BCUT2D eigenvalue weighted by molar-refractivity contribution is -0.124. The lowest BCUT2D eigenvalue weighted by Gasteiger charge is -2.38. The number of urea groups is 1. The zero-order valence-corrected chi connectivity index (χ0v) is 14.0. The number of benzene rings is 2.